The quantitative estimate of drug-likeness (QED) is 0.715. The van der Waals surface area contributed by atoms with Crippen molar-refractivity contribution in [1.29, 1.82) is 0 Å². The molecule has 0 saturated carbocycles. The van der Waals surface area contributed by atoms with Gasteiger partial charge in [0, 0.05) is 11.8 Å². The number of hydrogen-bond acceptors (Lipinski definition) is 3. The Balaban J connectivity index is 2.45. The fourth-order valence-electron chi connectivity index (χ4n) is 1.18. The molecule has 0 amide bonds. The summed E-state index contributed by atoms with van der Waals surface area (Å²) < 4.78 is 0. The van der Waals surface area contributed by atoms with E-state index in [1.54, 1.807) is 0 Å². The maximum atomic E-state index is 4.61. The van der Waals surface area contributed by atoms with Gasteiger partial charge in [-0.1, -0.05) is 18.7 Å². The van der Waals surface area contributed by atoms with Gasteiger partial charge in [-0.2, -0.15) is 0 Å². The van der Waals surface area contributed by atoms with Crippen LogP contribution in [0.4, 0.5) is 0 Å². The third kappa shape index (κ3) is 3.05. The summed E-state index contributed by atoms with van der Waals surface area (Å²) in [7, 11) is 0. The fraction of sp³-hybridized carbons (Fsp3) is 0.889. The van der Waals surface area contributed by atoms with Gasteiger partial charge in [0.15, 0.2) is 5.17 Å². The summed E-state index contributed by atoms with van der Waals surface area (Å²) in [6, 6.07) is 1.07. The van der Waals surface area contributed by atoms with Gasteiger partial charge in [0.1, 0.15) is 0 Å². The molecule has 1 aliphatic heterocycles. The number of amidine groups is 1. The Labute approximate surface area is 79.2 Å². The van der Waals surface area contributed by atoms with Crippen molar-refractivity contribution in [2.24, 2.45) is 4.99 Å². The van der Waals surface area contributed by atoms with Gasteiger partial charge in [-0.25, -0.2) is 0 Å². The van der Waals surface area contributed by atoms with E-state index in [4.69, 9.17) is 0 Å². The molecule has 0 radical (unpaired) electrons. The van der Waals surface area contributed by atoms with Crippen molar-refractivity contribution in [3.8, 4) is 0 Å². The number of aliphatic imine (C=N–C) groups is 1. The van der Waals surface area contributed by atoms with E-state index in [0.717, 1.165) is 5.17 Å². The van der Waals surface area contributed by atoms with Crippen molar-refractivity contribution >= 4 is 16.9 Å². The van der Waals surface area contributed by atoms with Crippen LogP contribution in [-0.4, -0.2) is 23.0 Å². The first kappa shape index (κ1) is 9.90. The molecule has 1 rings (SSSR count). The molecule has 3 heteroatoms. The topological polar surface area (TPSA) is 24.4 Å². The molecule has 2 nitrogen and oxygen atoms in total. The predicted molar refractivity (Wildman–Crippen MR) is 56.9 cm³/mol. The Hall–Kier alpha value is -0.180. The second-order valence-corrected chi connectivity index (χ2v) is 4.52. The van der Waals surface area contributed by atoms with Crippen LogP contribution in [0.5, 0.6) is 0 Å². The van der Waals surface area contributed by atoms with E-state index in [0.29, 0.717) is 12.1 Å². The van der Waals surface area contributed by atoms with Gasteiger partial charge in [-0.15, -0.1) is 0 Å². The first-order valence-corrected chi connectivity index (χ1v) is 5.68. The van der Waals surface area contributed by atoms with E-state index >= 15 is 0 Å². The van der Waals surface area contributed by atoms with E-state index in [2.05, 4.69) is 31.1 Å². The zero-order chi connectivity index (χ0) is 8.97. The van der Waals surface area contributed by atoms with Crippen molar-refractivity contribution in [2.45, 2.75) is 45.7 Å². The minimum Gasteiger partial charge on any atom is -0.363 e. The van der Waals surface area contributed by atoms with Crippen LogP contribution in [0.2, 0.25) is 0 Å². The lowest BCUT2D eigenvalue weighted by atomic mass is 10.2. The van der Waals surface area contributed by atoms with E-state index < -0.39 is 0 Å². The van der Waals surface area contributed by atoms with Crippen LogP contribution in [0.1, 0.15) is 33.6 Å². The van der Waals surface area contributed by atoms with Gasteiger partial charge in [0.25, 0.3) is 0 Å². The molecule has 70 valence electrons. The van der Waals surface area contributed by atoms with Crippen LogP contribution >= 0.6 is 11.8 Å². The Morgan fingerprint density at radius 1 is 1.67 bits per heavy atom. The average molecular weight is 186 g/mol. The maximum Gasteiger partial charge on any atom is 0.157 e. The van der Waals surface area contributed by atoms with Crippen molar-refractivity contribution in [1.82, 2.24) is 5.32 Å². The molecule has 1 heterocycles. The van der Waals surface area contributed by atoms with Crippen molar-refractivity contribution in [2.75, 3.05) is 5.75 Å². The van der Waals surface area contributed by atoms with Crippen LogP contribution in [0.15, 0.2) is 4.99 Å². The molecule has 0 spiro atoms. The molecule has 0 saturated heterocycles. The van der Waals surface area contributed by atoms with Gasteiger partial charge < -0.3 is 5.32 Å². The Kier molecular flexibility index (Phi) is 3.92. The van der Waals surface area contributed by atoms with Crippen LogP contribution in [-0.2, 0) is 0 Å². The van der Waals surface area contributed by atoms with Crippen molar-refractivity contribution < 1.29 is 0 Å². The number of hydrogen-bond donors (Lipinski definition) is 1. The highest BCUT2D eigenvalue weighted by molar-refractivity contribution is 8.13. The summed E-state index contributed by atoms with van der Waals surface area (Å²) in [4.78, 5) is 4.61. The highest BCUT2D eigenvalue weighted by Crippen LogP contribution is 2.18. The summed E-state index contributed by atoms with van der Waals surface area (Å²) >= 11 is 1.85. The molecular formula is C9H18N2S. The molecule has 0 aromatic rings. The lowest BCUT2D eigenvalue weighted by molar-refractivity contribution is 0.624. The molecule has 1 unspecified atom stereocenters. The summed E-state index contributed by atoms with van der Waals surface area (Å²) in [6.07, 6.45) is 2.41. The van der Waals surface area contributed by atoms with Crippen LogP contribution in [0.3, 0.4) is 0 Å². The lowest BCUT2D eigenvalue weighted by Crippen LogP contribution is -2.31. The number of nitrogens with one attached hydrogen (secondary N) is 1. The highest BCUT2D eigenvalue weighted by Gasteiger charge is 2.13. The first-order valence-electron chi connectivity index (χ1n) is 4.69. The van der Waals surface area contributed by atoms with Gasteiger partial charge >= 0.3 is 0 Å². The minimum absolute atomic E-state index is 0.506. The second-order valence-electron chi connectivity index (χ2n) is 3.43. The van der Waals surface area contributed by atoms with Gasteiger partial charge in [-0.3, -0.25) is 4.99 Å². The minimum atomic E-state index is 0.506. The van der Waals surface area contributed by atoms with Crippen LogP contribution in [0.25, 0.3) is 0 Å². The molecule has 1 N–H and O–H groups in total. The van der Waals surface area contributed by atoms with Crippen molar-refractivity contribution in [3.63, 3.8) is 0 Å². The average Bonchev–Trinajstić information content (AvgIpc) is 2.03. The molecule has 0 aromatic carbocycles. The summed E-state index contributed by atoms with van der Waals surface area (Å²) in [6.45, 7) is 6.51. The second kappa shape index (κ2) is 4.75. The normalized spacial score (nSPS) is 24.0. The van der Waals surface area contributed by atoms with Crippen LogP contribution < -0.4 is 5.32 Å². The SMILES string of the molecule is CCC1CCSC(NC(C)C)=N1. The molecule has 0 bridgehead atoms. The summed E-state index contributed by atoms with van der Waals surface area (Å²) in [5, 5.41) is 4.50. The molecule has 0 aliphatic carbocycles. The van der Waals surface area contributed by atoms with Crippen molar-refractivity contribution in [3.05, 3.63) is 0 Å². The zero-order valence-corrected chi connectivity index (χ0v) is 8.95. The predicted octanol–water partition coefficient (Wildman–Crippen LogP) is 2.26. The van der Waals surface area contributed by atoms with E-state index in [1.165, 1.54) is 18.6 Å². The standard InChI is InChI=1S/C9H18N2S/c1-4-8-5-6-12-9(11-8)10-7(2)3/h7-8H,4-6H2,1-3H3,(H,10,11). The molecule has 1 aliphatic rings. The third-order valence-electron chi connectivity index (χ3n) is 1.87. The molecule has 0 aromatic heterocycles. The maximum absolute atomic E-state index is 4.61. The Morgan fingerprint density at radius 2 is 2.42 bits per heavy atom. The molecular weight excluding hydrogens is 168 g/mol. The largest absolute Gasteiger partial charge is 0.363 e. The lowest BCUT2D eigenvalue weighted by Gasteiger charge is -2.20. The number of rotatable bonds is 2. The Bertz CT molecular complexity index is 166. The zero-order valence-electron chi connectivity index (χ0n) is 8.13. The monoisotopic (exact) mass is 186 g/mol. The fourth-order valence-corrected chi connectivity index (χ4v) is 2.31. The molecule has 1 atom stereocenters. The van der Waals surface area contributed by atoms with Gasteiger partial charge in [0.05, 0.1) is 6.04 Å². The first-order chi connectivity index (χ1) is 5.72. The van der Waals surface area contributed by atoms with E-state index in [-0.39, 0.29) is 0 Å². The van der Waals surface area contributed by atoms with E-state index in [9.17, 15) is 0 Å². The summed E-state index contributed by atoms with van der Waals surface area (Å²) in [5.74, 6) is 1.22. The molecule has 0 fully saturated rings. The smallest absolute Gasteiger partial charge is 0.157 e. The summed E-state index contributed by atoms with van der Waals surface area (Å²) in [5.41, 5.74) is 0. The van der Waals surface area contributed by atoms with Gasteiger partial charge in [0.2, 0.25) is 0 Å². The highest BCUT2D eigenvalue weighted by atomic mass is 32.2. The Morgan fingerprint density at radius 3 is 3.00 bits per heavy atom. The molecule has 12 heavy (non-hydrogen) atoms. The number of thioether (sulfide) groups is 1. The van der Waals surface area contributed by atoms with E-state index in [1.807, 2.05) is 11.8 Å². The van der Waals surface area contributed by atoms with Gasteiger partial charge in [-0.05, 0) is 26.7 Å². The third-order valence-corrected chi connectivity index (χ3v) is 2.81. The van der Waals surface area contributed by atoms with Crippen LogP contribution in [0, 0.1) is 0 Å². The number of nitrogens with zero attached hydrogens (tertiary/aromatic N) is 1.